The van der Waals surface area contributed by atoms with Crippen LogP contribution in [0.3, 0.4) is 0 Å². The summed E-state index contributed by atoms with van der Waals surface area (Å²) in [4.78, 5) is 73.4. The summed E-state index contributed by atoms with van der Waals surface area (Å²) in [6.07, 6.45) is 6.47. The summed E-state index contributed by atoms with van der Waals surface area (Å²) < 4.78 is 24.5. The molecule has 3 unspecified atom stereocenters. The predicted octanol–water partition coefficient (Wildman–Crippen LogP) is -12.3. The zero-order valence-corrected chi connectivity index (χ0v) is 61.2. The Bertz CT molecular complexity index is 1330. The van der Waals surface area contributed by atoms with Crippen molar-refractivity contribution in [1.29, 1.82) is 0 Å². The van der Waals surface area contributed by atoms with Crippen molar-refractivity contribution in [3.05, 3.63) is 0 Å². The molecule has 0 radical (unpaired) electrons. The van der Waals surface area contributed by atoms with Crippen molar-refractivity contribution in [2.45, 2.75) is 103 Å². The maximum Gasteiger partial charge on any atom is 1.00 e. The number of aliphatic carboxylic acids is 1. The Labute approximate surface area is 629 Å². The van der Waals surface area contributed by atoms with Gasteiger partial charge in [-0.25, -0.2) is 14.4 Å². The number of thioether (sulfide) groups is 1. The van der Waals surface area contributed by atoms with Crippen molar-refractivity contribution < 1.29 is 374 Å². The van der Waals surface area contributed by atoms with Gasteiger partial charge >= 0.3 is 344 Å². The predicted molar refractivity (Wildman–Crippen MR) is 215 cm³/mol. The minimum absolute atomic E-state index is 0. The number of amides is 3. The number of rotatable bonds is 4. The number of carboxylic acid groups (broad SMARTS) is 1. The third kappa shape index (κ3) is 36.5. The molecule has 1 N–H and O–H groups in total. The molecule has 0 spiro atoms. The average molecular weight is 1050 g/mol. The van der Waals surface area contributed by atoms with Crippen LogP contribution in [0.1, 0.15) is 90.1 Å². The second kappa shape index (κ2) is 39.6. The molecule has 59 heavy (non-hydrogen) atoms. The van der Waals surface area contributed by atoms with Gasteiger partial charge in [0.25, 0.3) is 0 Å². The van der Waals surface area contributed by atoms with Crippen LogP contribution in [-0.2, 0) is 58.7 Å². The largest absolute Gasteiger partial charge is 1.00 e. The van der Waals surface area contributed by atoms with Gasteiger partial charge in [0.2, 0.25) is 0 Å². The number of carboxylic acids is 1. The Hall–Kier alpha value is 6.96. The van der Waals surface area contributed by atoms with Crippen molar-refractivity contribution in [1.82, 2.24) is 14.7 Å². The van der Waals surface area contributed by atoms with Crippen molar-refractivity contribution in [3.8, 4) is 0 Å². The summed E-state index contributed by atoms with van der Waals surface area (Å²) >= 11 is 6.08. The molecule has 0 saturated carbocycles. The van der Waals surface area contributed by atoms with E-state index in [-0.39, 0.29) is 363 Å². The fraction of sp³-hybridized carbons (Fsp3) is 0.829. The zero-order valence-electron chi connectivity index (χ0n) is 46.0. The van der Waals surface area contributed by atoms with Gasteiger partial charge in [-0.15, -0.1) is 21.2 Å². The van der Waals surface area contributed by atoms with Crippen LogP contribution >= 0.6 is 11.8 Å². The van der Waals surface area contributed by atoms with E-state index in [9.17, 15) is 28.8 Å². The molecule has 3 rings (SSSR count). The molecule has 320 valence electrons. The summed E-state index contributed by atoms with van der Waals surface area (Å²) in [5.41, 5.74) is -1.55. The van der Waals surface area contributed by atoms with Crippen LogP contribution in [0.4, 0.5) is 14.4 Å². The van der Waals surface area contributed by atoms with Gasteiger partial charge in [-0.1, -0.05) is 11.2 Å². The molecule has 15 nitrogen and oxygen atoms in total. The maximum atomic E-state index is 11.9. The first kappa shape index (κ1) is 80.1. The number of carbonyl (C=O) groups is 6. The second-order valence-corrected chi connectivity index (χ2v) is 20.4. The van der Waals surface area contributed by atoms with Crippen LogP contribution in [0.2, 0.25) is 0 Å². The molecule has 0 aromatic heterocycles. The third-order valence-electron chi connectivity index (χ3n) is 7.40. The molecule has 24 heteroatoms. The monoisotopic (exact) mass is 1050 g/mol. The first-order valence-electron chi connectivity index (χ1n) is 17.2. The van der Waals surface area contributed by atoms with E-state index < -0.39 is 39.5 Å². The minimum atomic E-state index is -0.846. The van der Waals surface area contributed by atoms with Crippen molar-refractivity contribution in [2.24, 2.45) is 11.8 Å². The number of methoxy groups -OCH3 is 2. The standard InChI is InChI=1S/C12H21NO4S.C11H19NO4.C10H17NO4.C2H6S2.6K.6H/c1-11(2,3)17-10(15)13-7-6-12(8-13,18-5)9(14)16-4;1-11(2,3)16-10(14)12-6-5-8(7-12)9(13)15-4;1-10(2,3)15-9(14)11-5-4-7(6-11)8(12)13;1-4(2)3;;;;;;;;;;;;/h6-8H2,1-5H3;8H,5-7H2,1-4H3;7H,4-6H2,1-3H3,(H,12,13);1-2H3;;;;;;;;;;;;/q;;;;6*+1;6*-1. The van der Waals surface area contributed by atoms with E-state index in [0.29, 0.717) is 52.0 Å². The molecule has 3 aliphatic heterocycles. The Balaban J connectivity index is -0.0000000500. The van der Waals surface area contributed by atoms with Gasteiger partial charge in [0.15, 0.2) is 0 Å². The van der Waals surface area contributed by atoms with E-state index in [1.165, 1.54) is 30.9 Å². The Morgan fingerprint density at radius 1 is 0.661 bits per heavy atom. The van der Waals surface area contributed by atoms with Crippen LogP contribution in [0.5, 0.6) is 0 Å². The van der Waals surface area contributed by atoms with Crippen molar-refractivity contribution >= 4 is 68.6 Å². The smallest absolute Gasteiger partial charge is 1.00 e. The molecule has 0 bridgehead atoms. The van der Waals surface area contributed by atoms with Crippen LogP contribution in [0.15, 0.2) is 0 Å². The third-order valence-corrected chi connectivity index (χ3v) is 8.68. The van der Waals surface area contributed by atoms with E-state index in [0.717, 1.165) is 0 Å². The first-order chi connectivity index (χ1) is 24.1. The van der Waals surface area contributed by atoms with Crippen LogP contribution < -0.4 is 308 Å². The topological polar surface area (TPSA) is 179 Å². The first-order valence-corrected chi connectivity index (χ1v) is 21.4. The number of carbonyl (C=O) groups excluding carboxylic acids is 5. The van der Waals surface area contributed by atoms with E-state index in [4.69, 9.17) is 24.1 Å². The van der Waals surface area contributed by atoms with Crippen molar-refractivity contribution in [3.63, 3.8) is 0 Å². The molecule has 3 heterocycles. The van der Waals surface area contributed by atoms with Gasteiger partial charge in [-0.3, -0.25) is 14.4 Å². The number of hydrogen-bond acceptors (Lipinski definition) is 13. The molecule has 3 aliphatic rings. The van der Waals surface area contributed by atoms with Gasteiger partial charge in [0, 0.05) is 39.3 Å². The zero-order chi connectivity index (χ0) is 41.5. The Kier molecular flexibility index (Phi) is 53.7. The Morgan fingerprint density at radius 3 is 1.29 bits per heavy atom. The molecule has 0 aromatic carbocycles. The number of likely N-dealkylation sites (tertiary alicyclic amines) is 3. The summed E-state index contributed by atoms with van der Waals surface area (Å²) in [6, 6.07) is 0. The van der Waals surface area contributed by atoms with Crippen molar-refractivity contribution in [2.75, 3.05) is 72.3 Å². The van der Waals surface area contributed by atoms with E-state index in [2.05, 4.69) is 15.9 Å². The summed E-state index contributed by atoms with van der Waals surface area (Å²) in [5.74, 6) is -2.04. The van der Waals surface area contributed by atoms with E-state index in [1.54, 1.807) is 30.6 Å². The Morgan fingerprint density at radius 2 is 1.00 bits per heavy atom. The molecule has 3 saturated heterocycles. The summed E-state index contributed by atoms with van der Waals surface area (Å²) in [7, 11) is 2.95. The quantitative estimate of drug-likeness (QED) is 0.160. The maximum absolute atomic E-state index is 11.9. The average Bonchev–Trinajstić information content (AvgIpc) is 3.79. The van der Waals surface area contributed by atoms with Gasteiger partial charge in [0.1, 0.15) is 21.6 Å². The molecular weight excluding hydrogens is 985 g/mol. The minimum Gasteiger partial charge on any atom is -1.00 e. The molecule has 0 aromatic rings. The van der Waals surface area contributed by atoms with Gasteiger partial charge in [-0.05, 0) is 100 Å². The summed E-state index contributed by atoms with van der Waals surface area (Å²) in [5, 5.41) is 8.77. The number of esters is 2. The number of nitrogens with zero attached hydrogens (tertiary/aromatic N) is 3. The SMILES string of the molecule is CC(C)(C)OC(=O)N1CCC(C(=O)O)C1.COC(=O)C1(SC)CCN(C(=O)OC(C)(C)C)C1.COC(=O)C1CCN(C(=O)OC(C)(C)C)C1.CS(C)=S.[H-].[H-].[H-].[H-].[H-].[H-].[K+].[K+].[K+].[K+].[K+].[K+]. The molecule has 3 fully saturated rings. The van der Waals surface area contributed by atoms with Gasteiger partial charge in [0.05, 0.1) is 26.1 Å². The molecular formula is C35H69K6N3O12S3. The fourth-order valence-electron chi connectivity index (χ4n) is 4.93. The van der Waals surface area contributed by atoms with Crippen LogP contribution in [0.25, 0.3) is 0 Å². The summed E-state index contributed by atoms with van der Waals surface area (Å²) in [6.45, 7) is 18.8. The second-order valence-electron chi connectivity index (χ2n) is 15.8. The van der Waals surface area contributed by atoms with E-state index in [1.807, 2.05) is 60.3 Å². The van der Waals surface area contributed by atoms with Crippen LogP contribution in [0, 0.1) is 11.8 Å². The molecule has 3 amide bonds. The normalized spacial score (nSPS) is 19.0. The van der Waals surface area contributed by atoms with E-state index >= 15 is 0 Å². The van der Waals surface area contributed by atoms with Crippen LogP contribution in [-0.4, -0.2) is 150 Å². The van der Waals surface area contributed by atoms with Gasteiger partial charge in [-0.2, -0.15) is 0 Å². The molecule has 3 atom stereocenters. The fourth-order valence-corrected chi connectivity index (χ4v) is 5.76. The number of ether oxygens (including phenoxy) is 5. The van der Waals surface area contributed by atoms with Gasteiger partial charge < -0.3 is 52.1 Å². The molecule has 0 aliphatic carbocycles. The number of hydrogen-bond donors (Lipinski definition) is 1.